The van der Waals surface area contributed by atoms with Crippen LogP contribution in [-0.2, 0) is 4.79 Å². The van der Waals surface area contributed by atoms with Crippen LogP contribution in [0.1, 0.15) is 30.9 Å². The Morgan fingerprint density at radius 1 is 1.63 bits per heavy atom. The van der Waals surface area contributed by atoms with E-state index >= 15 is 0 Å². The van der Waals surface area contributed by atoms with Gasteiger partial charge in [-0.05, 0) is 25.0 Å². The minimum Gasteiger partial charge on any atom is -0.497 e. The maximum absolute atomic E-state index is 11.6. The van der Waals surface area contributed by atoms with Crippen LogP contribution in [0.15, 0.2) is 18.2 Å². The Bertz CT molecular complexity index is 508. The number of nitrogens with zero attached hydrogens (tertiary/aromatic N) is 1. The van der Waals surface area contributed by atoms with Crippen molar-refractivity contribution in [2.75, 3.05) is 13.7 Å². The van der Waals surface area contributed by atoms with Gasteiger partial charge in [-0.25, -0.2) is 0 Å². The second kappa shape index (κ2) is 6.10. The van der Waals surface area contributed by atoms with E-state index in [4.69, 9.17) is 14.7 Å². The standard InChI is InChI=1S/C14H16N2O3/c1-18-10-4-5-11-12(16-14(17)6-7-15)3-2-8-19-13(11)9-10/h4-5,9,12H,2-3,6,8H2,1H3,(H,16,17). The summed E-state index contributed by atoms with van der Waals surface area (Å²) in [5.41, 5.74) is 0.935. The zero-order valence-electron chi connectivity index (χ0n) is 10.8. The van der Waals surface area contributed by atoms with E-state index in [-0.39, 0.29) is 18.4 Å². The van der Waals surface area contributed by atoms with E-state index in [1.165, 1.54) is 0 Å². The fraction of sp³-hybridized carbons (Fsp3) is 0.429. The summed E-state index contributed by atoms with van der Waals surface area (Å²) in [6, 6.07) is 7.31. The van der Waals surface area contributed by atoms with Gasteiger partial charge in [-0.2, -0.15) is 5.26 Å². The van der Waals surface area contributed by atoms with Crippen LogP contribution in [0.3, 0.4) is 0 Å². The molecule has 0 fully saturated rings. The Balaban J connectivity index is 2.23. The minimum atomic E-state index is -0.254. The highest BCUT2D eigenvalue weighted by molar-refractivity contribution is 5.78. The molecular weight excluding hydrogens is 244 g/mol. The van der Waals surface area contributed by atoms with Crippen LogP contribution in [0.2, 0.25) is 0 Å². The van der Waals surface area contributed by atoms with Gasteiger partial charge in [-0.15, -0.1) is 0 Å². The Morgan fingerprint density at radius 2 is 2.47 bits per heavy atom. The predicted molar refractivity (Wildman–Crippen MR) is 68.8 cm³/mol. The number of hydrogen-bond acceptors (Lipinski definition) is 4. The molecule has 1 heterocycles. The van der Waals surface area contributed by atoms with Crippen LogP contribution in [0, 0.1) is 11.3 Å². The van der Waals surface area contributed by atoms with E-state index in [9.17, 15) is 4.79 Å². The van der Waals surface area contributed by atoms with Gasteiger partial charge in [0.15, 0.2) is 0 Å². The van der Waals surface area contributed by atoms with Crippen LogP contribution < -0.4 is 14.8 Å². The average molecular weight is 260 g/mol. The third-order valence-electron chi connectivity index (χ3n) is 3.07. The minimum absolute atomic E-state index is 0.107. The molecule has 0 aromatic heterocycles. The number of carbonyl (C=O) groups is 1. The summed E-state index contributed by atoms with van der Waals surface area (Å²) < 4.78 is 10.8. The highest BCUT2D eigenvalue weighted by Gasteiger charge is 2.21. The van der Waals surface area contributed by atoms with Crippen molar-refractivity contribution in [2.24, 2.45) is 0 Å². The first kappa shape index (κ1) is 13.2. The van der Waals surface area contributed by atoms with E-state index in [1.54, 1.807) is 7.11 Å². The van der Waals surface area contributed by atoms with Crippen LogP contribution in [-0.4, -0.2) is 19.6 Å². The second-order valence-corrected chi connectivity index (χ2v) is 4.35. The summed E-state index contributed by atoms with van der Waals surface area (Å²) in [4.78, 5) is 11.6. The van der Waals surface area contributed by atoms with Crippen molar-refractivity contribution in [3.63, 3.8) is 0 Å². The fourth-order valence-electron chi connectivity index (χ4n) is 2.15. The second-order valence-electron chi connectivity index (χ2n) is 4.35. The SMILES string of the molecule is COc1ccc2c(c1)OCCCC2NC(=O)CC#N. The Labute approximate surface area is 112 Å². The van der Waals surface area contributed by atoms with Crippen LogP contribution in [0.5, 0.6) is 11.5 Å². The maximum atomic E-state index is 11.6. The number of fused-ring (bicyclic) bond motifs is 1. The summed E-state index contributed by atoms with van der Waals surface area (Å²) in [6.07, 6.45) is 1.54. The van der Waals surface area contributed by atoms with Crippen LogP contribution >= 0.6 is 0 Å². The molecule has 2 rings (SSSR count). The van der Waals surface area contributed by atoms with Gasteiger partial charge in [-0.1, -0.05) is 0 Å². The van der Waals surface area contributed by atoms with Gasteiger partial charge in [0, 0.05) is 11.6 Å². The van der Waals surface area contributed by atoms with Crippen molar-refractivity contribution in [3.05, 3.63) is 23.8 Å². The normalized spacial score (nSPS) is 17.4. The van der Waals surface area contributed by atoms with Gasteiger partial charge in [0.25, 0.3) is 0 Å². The van der Waals surface area contributed by atoms with Gasteiger partial charge >= 0.3 is 0 Å². The smallest absolute Gasteiger partial charge is 0.234 e. The number of nitriles is 1. The molecule has 1 atom stereocenters. The monoisotopic (exact) mass is 260 g/mol. The van der Waals surface area contributed by atoms with E-state index in [2.05, 4.69) is 5.32 Å². The quantitative estimate of drug-likeness (QED) is 0.901. The summed E-state index contributed by atoms with van der Waals surface area (Å²) in [5, 5.41) is 11.4. The van der Waals surface area contributed by atoms with Crippen molar-refractivity contribution >= 4 is 5.91 Å². The highest BCUT2D eigenvalue weighted by Crippen LogP contribution is 2.34. The predicted octanol–water partition coefficient (Wildman–Crippen LogP) is 1.94. The third kappa shape index (κ3) is 3.16. The number of nitrogens with one attached hydrogen (secondary N) is 1. The largest absolute Gasteiger partial charge is 0.497 e. The van der Waals surface area contributed by atoms with Crippen molar-refractivity contribution in [1.29, 1.82) is 5.26 Å². The van der Waals surface area contributed by atoms with E-state index in [0.717, 1.165) is 29.9 Å². The third-order valence-corrected chi connectivity index (χ3v) is 3.07. The zero-order chi connectivity index (χ0) is 13.7. The van der Waals surface area contributed by atoms with Crippen molar-refractivity contribution in [1.82, 2.24) is 5.32 Å². The number of carbonyl (C=O) groups excluding carboxylic acids is 1. The summed E-state index contributed by atoms with van der Waals surface area (Å²) in [5.74, 6) is 1.21. The molecule has 0 bridgehead atoms. The summed E-state index contributed by atoms with van der Waals surface area (Å²) in [6.45, 7) is 0.616. The molecule has 5 nitrogen and oxygen atoms in total. The summed E-state index contributed by atoms with van der Waals surface area (Å²) in [7, 11) is 1.60. The molecule has 0 saturated heterocycles. The first-order chi connectivity index (χ1) is 9.24. The molecule has 1 aromatic rings. The molecule has 0 spiro atoms. The molecule has 100 valence electrons. The first-order valence-electron chi connectivity index (χ1n) is 6.21. The zero-order valence-corrected chi connectivity index (χ0v) is 10.8. The van der Waals surface area contributed by atoms with Crippen LogP contribution in [0.25, 0.3) is 0 Å². The maximum Gasteiger partial charge on any atom is 0.234 e. The van der Waals surface area contributed by atoms with E-state index in [0.29, 0.717) is 6.61 Å². The van der Waals surface area contributed by atoms with Gasteiger partial charge in [-0.3, -0.25) is 4.79 Å². The van der Waals surface area contributed by atoms with Gasteiger partial charge in [0.2, 0.25) is 5.91 Å². The molecule has 0 aliphatic carbocycles. The van der Waals surface area contributed by atoms with Crippen LogP contribution in [0.4, 0.5) is 0 Å². The lowest BCUT2D eigenvalue weighted by atomic mass is 10.0. The molecule has 5 heteroatoms. The van der Waals surface area contributed by atoms with Gasteiger partial charge < -0.3 is 14.8 Å². The number of hydrogen-bond donors (Lipinski definition) is 1. The molecule has 1 aliphatic rings. The van der Waals surface area contributed by atoms with Crippen molar-refractivity contribution in [2.45, 2.75) is 25.3 Å². The number of ether oxygens (including phenoxy) is 2. The lowest BCUT2D eigenvalue weighted by molar-refractivity contribution is -0.120. The molecule has 1 N–H and O–H groups in total. The summed E-state index contributed by atoms with van der Waals surface area (Å²) >= 11 is 0. The molecule has 1 aliphatic heterocycles. The lowest BCUT2D eigenvalue weighted by Gasteiger charge is -2.18. The number of rotatable bonds is 3. The first-order valence-corrected chi connectivity index (χ1v) is 6.21. The van der Waals surface area contributed by atoms with Gasteiger partial charge in [0.1, 0.15) is 17.9 Å². The topological polar surface area (TPSA) is 71.3 Å². The molecule has 19 heavy (non-hydrogen) atoms. The molecule has 1 aromatic carbocycles. The molecule has 0 radical (unpaired) electrons. The van der Waals surface area contributed by atoms with E-state index < -0.39 is 0 Å². The molecule has 1 amide bonds. The lowest BCUT2D eigenvalue weighted by Crippen LogP contribution is -2.27. The molecule has 1 unspecified atom stereocenters. The fourth-order valence-corrected chi connectivity index (χ4v) is 2.15. The van der Waals surface area contributed by atoms with Crippen molar-refractivity contribution < 1.29 is 14.3 Å². The number of benzene rings is 1. The highest BCUT2D eigenvalue weighted by atomic mass is 16.5. The van der Waals surface area contributed by atoms with Gasteiger partial charge in [0.05, 0.1) is 25.8 Å². The number of methoxy groups -OCH3 is 1. The number of amides is 1. The van der Waals surface area contributed by atoms with E-state index in [1.807, 2.05) is 24.3 Å². The Morgan fingerprint density at radius 3 is 3.21 bits per heavy atom. The molecular formula is C14H16N2O3. The Kier molecular flexibility index (Phi) is 4.24. The Hall–Kier alpha value is -2.22. The molecule has 0 saturated carbocycles. The van der Waals surface area contributed by atoms with Crippen molar-refractivity contribution in [3.8, 4) is 17.6 Å². The average Bonchev–Trinajstić information content (AvgIpc) is 2.61.